The lowest BCUT2D eigenvalue weighted by Gasteiger charge is -2.38. The summed E-state index contributed by atoms with van der Waals surface area (Å²) in [6.45, 7) is 7.43. The molecule has 1 saturated heterocycles. The molecule has 4 heteroatoms. The summed E-state index contributed by atoms with van der Waals surface area (Å²) in [5, 5.41) is 0. The lowest BCUT2D eigenvalue weighted by atomic mass is 10.0. The Morgan fingerprint density at radius 1 is 1.33 bits per heavy atom. The van der Waals surface area contributed by atoms with E-state index in [1.165, 1.54) is 6.07 Å². The predicted octanol–water partition coefficient (Wildman–Crippen LogP) is 2.46. The molecule has 0 aliphatic carbocycles. The first-order chi connectivity index (χ1) is 8.49. The van der Waals surface area contributed by atoms with Gasteiger partial charge in [-0.3, -0.25) is 0 Å². The van der Waals surface area contributed by atoms with E-state index in [0.717, 1.165) is 18.8 Å². The third-order valence-corrected chi connectivity index (χ3v) is 3.25. The van der Waals surface area contributed by atoms with E-state index in [1.807, 2.05) is 26.8 Å². The number of hydrogen-bond donors (Lipinski definition) is 1. The molecule has 2 N–H and O–H groups in total. The van der Waals surface area contributed by atoms with Crippen LogP contribution in [0.5, 0.6) is 0 Å². The van der Waals surface area contributed by atoms with E-state index in [2.05, 4.69) is 4.90 Å². The van der Waals surface area contributed by atoms with Crippen molar-refractivity contribution >= 4 is 5.69 Å². The van der Waals surface area contributed by atoms with E-state index in [9.17, 15) is 4.39 Å². The standard InChI is InChI=1S/C14H21FN2O/c1-9-7-17(8-10(2)18-9)13-6-4-5-12(15)14(13)11(3)16/h4-6,9-11H,7-8,16H2,1-3H3/t9?,10?,11-/m0/s1. The van der Waals surface area contributed by atoms with Crippen LogP contribution >= 0.6 is 0 Å². The van der Waals surface area contributed by atoms with Crippen LogP contribution < -0.4 is 10.6 Å². The fraction of sp³-hybridized carbons (Fsp3) is 0.571. The molecule has 1 heterocycles. The van der Waals surface area contributed by atoms with Crippen LogP contribution in [0.1, 0.15) is 32.4 Å². The van der Waals surface area contributed by atoms with Gasteiger partial charge >= 0.3 is 0 Å². The highest BCUT2D eigenvalue weighted by molar-refractivity contribution is 5.56. The van der Waals surface area contributed by atoms with Gasteiger partial charge in [0.2, 0.25) is 0 Å². The quantitative estimate of drug-likeness (QED) is 0.878. The van der Waals surface area contributed by atoms with Crippen LogP contribution in [0.4, 0.5) is 10.1 Å². The second kappa shape index (κ2) is 5.24. The van der Waals surface area contributed by atoms with Gasteiger partial charge in [0.25, 0.3) is 0 Å². The fourth-order valence-electron chi connectivity index (χ4n) is 2.63. The number of rotatable bonds is 2. The normalized spacial score (nSPS) is 26.2. The summed E-state index contributed by atoms with van der Waals surface area (Å²) in [5.41, 5.74) is 7.38. The maximum Gasteiger partial charge on any atom is 0.130 e. The van der Waals surface area contributed by atoms with Crippen molar-refractivity contribution in [3.63, 3.8) is 0 Å². The minimum absolute atomic E-state index is 0.151. The van der Waals surface area contributed by atoms with Gasteiger partial charge in [-0.15, -0.1) is 0 Å². The molecule has 3 atom stereocenters. The van der Waals surface area contributed by atoms with Gasteiger partial charge in [0, 0.05) is 30.4 Å². The predicted molar refractivity (Wildman–Crippen MR) is 71.2 cm³/mol. The van der Waals surface area contributed by atoms with E-state index >= 15 is 0 Å². The van der Waals surface area contributed by atoms with Crippen molar-refractivity contribution in [2.45, 2.75) is 39.0 Å². The number of nitrogens with zero attached hydrogens (tertiary/aromatic N) is 1. The van der Waals surface area contributed by atoms with Gasteiger partial charge in [0.15, 0.2) is 0 Å². The molecule has 1 aliphatic rings. The molecular weight excluding hydrogens is 231 g/mol. The van der Waals surface area contributed by atoms with Gasteiger partial charge < -0.3 is 15.4 Å². The molecule has 2 rings (SSSR count). The van der Waals surface area contributed by atoms with Crippen molar-refractivity contribution in [1.29, 1.82) is 0 Å². The number of anilines is 1. The number of nitrogens with two attached hydrogens (primary N) is 1. The SMILES string of the molecule is CC1CN(c2cccc(F)c2[C@H](C)N)CC(C)O1. The summed E-state index contributed by atoms with van der Waals surface area (Å²) in [5.74, 6) is -0.228. The maximum absolute atomic E-state index is 13.9. The van der Waals surface area contributed by atoms with Crippen LogP contribution in [0, 0.1) is 5.82 Å². The summed E-state index contributed by atoms with van der Waals surface area (Å²) in [7, 11) is 0. The van der Waals surface area contributed by atoms with Crippen molar-refractivity contribution in [3.05, 3.63) is 29.6 Å². The Morgan fingerprint density at radius 3 is 2.50 bits per heavy atom. The average Bonchev–Trinajstić information content (AvgIpc) is 2.26. The molecule has 2 unspecified atom stereocenters. The summed E-state index contributed by atoms with van der Waals surface area (Å²) in [6.07, 6.45) is 0.302. The minimum atomic E-state index is -0.311. The van der Waals surface area contributed by atoms with Gasteiger partial charge in [-0.05, 0) is 32.9 Å². The van der Waals surface area contributed by atoms with Gasteiger partial charge in [-0.25, -0.2) is 4.39 Å². The zero-order valence-electron chi connectivity index (χ0n) is 11.2. The molecule has 18 heavy (non-hydrogen) atoms. The van der Waals surface area contributed by atoms with Crippen LogP contribution in [0.2, 0.25) is 0 Å². The molecule has 1 aromatic carbocycles. The first-order valence-electron chi connectivity index (χ1n) is 6.43. The first kappa shape index (κ1) is 13.3. The molecular formula is C14H21FN2O. The third kappa shape index (κ3) is 2.65. The first-order valence-corrected chi connectivity index (χ1v) is 6.43. The van der Waals surface area contributed by atoms with Gasteiger partial charge in [0.1, 0.15) is 5.82 Å². The summed E-state index contributed by atoms with van der Waals surface area (Å²) >= 11 is 0. The molecule has 1 aromatic rings. The highest BCUT2D eigenvalue weighted by Gasteiger charge is 2.25. The van der Waals surface area contributed by atoms with Crippen molar-refractivity contribution in [2.75, 3.05) is 18.0 Å². The highest BCUT2D eigenvalue weighted by atomic mass is 19.1. The van der Waals surface area contributed by atoms with Gasteiger partial charge in [0.05, 0.1) is 12.2 Å². The largest absolute Gasteiger partial charge is 0.372 e. The van der Waals surface area contributed by atoms with Crippen molar-refractivity contribution in [1.82, 2.24) is 0 Å². The third-order valence-electron chi connectivity index (χ3n) is 3.25. The number of benzene rings is 1. The maximum atomic E-state index is 13.9. The fourth-order valence-corrected chi connectivity index (χ4v) is 2.63. The Kier molecular flexibility index (Phi) is 3.88. The second-order valence-electron chi connectivity index (χ2n) is 5.12. The Morgan fingerprint density at radius 2 is 1.94 bits per heavy atom. The van der Waals surface area contributed by atoms with Crippen molar-refractivity contribution in [3.8, 4) is 0 Å². The topological polar surface area (TPSA) is 38.5 Å². The van der Waals surface area contributed by atoms with Crippen molar-refractivity contribution < 1.29 is 9.13 Å². The smallest absolute Gasteiger partial charge is 0.130 e. The highest BCUT2D eigenvalue weighted by Crippen LogP contribution is 2.29. The average molecular weight is 252 g/mol. The monoisotopic (exact) mass is 252 g/mol. The number of morpholine rings is 1. The lowest BCUT2D eigenvalue weighted by Crippen LogP contribution is -2.46. The van der Waals surface area contributed by atoms with E-state index in [0.29, 0.717) is 5.56 Å². The summed E-state index contributed by atoms with van der Waals surface area (Å²) in [6, 6.07) is 4.83. The molecule has 0 amide bonds. The van der Waals surface area contributed by atoms with Crippen LogP contribution in [0.25, 0.3) is 0 Å². The molecule has 0 bridgehead atoms. The zero-order chi connectivity index (χ0) is 13.3. The van der Waals surface area contributed by atoms with E-state index in [1.54, 1.807) is 6.07 Å². The summed E-state index contributed by atoms with van der Waals surface area (Å²) < 4.78 is 19.6. The van der Waals surface area contributed by atoms with E-state index < -0.39 is 0 Å². The number of hydrogen-bond acceptors (Lipinski definition) is 3. The number of halogens is 1. The molecule has 1 fully saturated rings. The van der Waals surface area contributed by atoms with Crippen LogP contribution in [0.3, 0.4) is 0 Å². The Labute approximate surface area is 108 Å². The summed E-state index contributed by atoms with van der Waals surface area (Å²) in [4.78, 5) is 2.17. The van der Waals surface area contributed by atoms with Gasteiger partial charge in [-0.2, -0.15) is 0 Å². The minimum Gasteiger partial charge on any atom is -0.372 e. The Balaban J connectivity index is 2.35. The van der Waals surface area contributed by atoms with E-state index in [4.69, 9.17) is 10.5 Å². The Hall–Kier alpha value is -1.13. The van der Waals surface area contributed by atoms with Crippen LogP contribution in [-0.4, -0.2) is 25.3 Å². The number of ether oxygens (including phenoxy) is 1. The molecule has 0 spiro atoms. The van der Waals surface area contributed by atoms with Crippen molar-refractivity contribution in [2.24, 2.45) is 5.73 Å². The van der Waals surface area contributed by atoms with Crippen LogP contribution in [0.15, 0.2) is 18.2 Å². The Bertz CT molecular complexity index is 412. The molecule has 0 saturated carbocycles. The second-order valence-corrected chi connectivity index (χ2v) is 5.12. The molecule has 100 valence electrons. The molecule has 0 radical (unpaired) electrons. The van der Waals surface area contributed by atoms with Gasteiger partial charge in [-0.1, -0.05) is 6.07 Å². The van der Waals surface area contributed by atoms with Crippen LogP contribution in [-0.2, 0) is 4.74 Å². The zero-order valence-corrected chi connectivity index (χ0v) is 11.2. The molecule has 0 aromatic heterocycles. The van der Waals surface area contributed by atoms with E-state index in [-0.39, 0.29) is 24.1 Å². The lowest BCUT2D eigenvalue weighted by molar-refractivity contribution is -0.00529. The molecule has 3 nitrogen and oxygen atoms in total. The molecule has 1 aliphatic heterocycles.